The Morgan fingerprint density at radius 3 is 2.43 bits per heavy atom. The van der Waals surface area contributed by atoms with Gasteiger partial charge in [0.2, 0.25) is 0 Å². The van der Waals surface area contributed by atoms with Crippen molar-refractivity contribution >= 4 is 55.6 Å². The van der Waals surface area contributed by atoms with Crippen molar-refractivity contribution in [3.05, 3.63) is 145 Å². The Labute approximate surface area is 330 Å². The van der Waals surface area contributed by atoms with Crippen LogP contribution in [0.25, 0.3) is 38.7 Å². The van der Waals surface area contributed by atoms with Gasteiger partial charge in [0, 0.05) is 74.3 Å². The van der Waals surface area contributed by atoms with Gasteiger partial charge in [0.15, 0.2) is 0 Å². The summed E-state index contributed by atoms with van der Waals surface area (Å²) in [6.07, 6.45) is 5.29. The molecular formula is C46H39N6OPt-3. The molecule has 0 aliphatic carbocycles. The average Bonchev–Trinajstić information content (AvgIpc) is 3.83. The van der Waals surface area contributed by atoms with Crippen LogP contribution >= 0.6 is 0 Å². The number of anilines is 4. The zero-order valence-electron chi connectivity index (χ0n) is 30.7. The number of ether oxygens (including phenoxy) is 1. The van der Waals surface area contributed by atoms with Gasteiger partial charge in [-0.3, -0.25) is 0 Å². The number of hydrogen-bond acceptors (Lipinski definition) is 5. The molecule has 7 nitrogen and oxygen atoms in total. The van der Waals surface area contributed by atoms with Crippen molar-refractivity contribution < 1.29 is 25.8 Å². The summed E-state index contributed by atoms with van der Waals surface area (Å²) in [4.78, 5) is 14.4. The number of pyridine rings is 1. The molecule has 8 aromatic rings. The molecule has 0 unspecified atom stereocenters. The first-order valence-corrected chi connectivity index (χ1v) is 18.4. The maximum absolute atomic E-state index is 6.57. The Morgan fingerprint density at radius 2 is 1.57 bits per heavy atom. The van der Waals surface area contributed by atoms with Crippen molar-refractivity contribution in [2.45, 2.75) is 58.9 Å². The summed E-state index contributed by atoms with van der Waals surface area (Å²) < 4.78 is 11.2. The summed E-state index contributed by atoms with van der Waals surface area (Å²) in [5.41, 5.74) is 10.8. The van der Waals surface area contributed by atoms with Crippen molar-refractivity contribution in [2.24, 2.45) is 0 Å². The Kier molecular flexibility index (Phi) is 8.39. The molecule has 54 heavy (non-hydrogen) atoms. The summed E-state index contributed by atoms with van der Waals surface area (Å²) in [6.45, 7) is 12.0. The first kappa shape index (κ1) is 34.4. The van der Waals surface area contributed by atoms with E-state index in [-0.39, 0.29) is 26.5 Å². The van der Waals surface area contributed by atoms with Gasteiger partial charge < -0.3 is 23.7 Å². The second kappa shape index (κ2) is 13.2. The average molecular weight is 887 g/mol. The van der Waals surface area contributed by atoms with Crippen molar-refractivity contribution in [3.8, 4) is 17.3 Å². The predicted octanol–water partition coefficient (Wildman–Crippen LogP) is 11.3. The summed E-state index contributed by atoms with van der Waals surface area (Å²) in [5, 5.41) is 2.25. The molecule has 0 atom stereocenters. The number of benzene rings is 5. The van der Waals surface area contributed by atoms with Gasteiger partial charge in [-0.1, -0.05) is 62.2 Å². The normalized spacial score (nSPS) is 14.1. The second-order valence-corrected chi connectivity index (χ2v) is 15.2. The van der Waals surface area contributed by atoms with Crippen molar-refractivity contribution in [1.82, 2.24) is 19.1 Å². The van der Waals surface area contributed by atoms with Gasteiger partial charge in [0.1, 0.15) is 11.6 Å². The smallest absolute Gasteiger partial charge is 0.135 e. The third-order valence-electron chi connectivity index (χ3n) is 10.6. The van der Waals surface area contributed by atoms with E-state index in [1.807, 2.05) is 24.4 Å². The molecule has 0 saturated carbocycles. The van der Waals surface area contributed by atoms with Crippen LogP contribution in [0.15, 0.2) is 109 Å². The van der Waals surface area contributed by atoms with Crippen LogP contribution in [0.4, 0.5) is 22.7 Å². The van der Waals surface area contributed by atoms with E-state index < -0.39 is 0 Å². The molecular weight excluding hydrogens is 848 g/mol. The van der Waals surface area contributed by atoms with Crippen molar-refractivity contribution in [1.29, 1.82) is 0 Å². The van der Waals surface area contributed by atoms with Crippen LogP contribution in [-0.4, -0.2) is 19.1 Å². The van der Waals surface area contributed by atoms with Gasteiger partial charge in [-0.25, -0.2) is 9.97 Å². The van der Waals surface area contributed by atoms with Gasteiger partial charge >= 0.3 is 0 Å². The van der Waals surface area contributed by atoms with Crippen LogP contribution in [0.2, 0.25) is 0 Å². The molecule has 5 heterocycles. The number of fused-ring (bicyclic) bond motifs is 7. The molecule has 0 saturated heterocycles. The Hall–Kier alpha value is -5.39. The molecule has 0 fully saturated rings. The molecule has 5 aromatic carbocycles. The van der Waals surface area contributed by atoms with E-state index in [1.54, 1.807) is 0 Å². The van der Waals surface area contributed by atoms with E-state index in [0.717, 1.165) is 68.9 Å². The van der Waals surface area contributed by atoms with Gasteiger partial charge in [-0.05, 0) is 78.6 Å². The zero-order chi connectivity index (χ0) is 35.8. The Balaban J connectivity index is 0.00000384. The van der Waals surface area contributed by atoms with Crippen LogP contribution in [0, 0.1) is 25.7 Å². The maximum atomic E-state index is 6.57. The fourth-order valence-electron chi connectivity index (χ4n) is 7.85. The third-order valence-corrected chi connectivity index (χ3v) is 10.6. The van der Waals surface area contributed by atoms with Crippen LogP contribution in [0.1, 0.15) is 50.6 Å². The van der Waals surface area contributed by atoms with E-state index >= 15 is 0 Å². The zero-order valence-corrected chi connectivity index (χ0v) is 33.0. The summed E-state index contributed by atoms with van der Waals surface area (Å²) >= 11 is 0. The molecule has 0 amide bonds. The fourth-order valence-corrected chi connectivity index (χ4v) is 7.85. The number of aryl methyl sites for hydroxylation is 3. The number of para-hydroxylation sites is 1. The number of rotatable bonds is 5. The molecule has 272 valence electrons. The largest absolute Gasteiger partial charge is 0.509 e. The van der Waals surface area contributed by atoms with E-state index in [0.29, 0.717) is 11.5 Å². The minimum Gasteiger partial charge on any atom is -0.509 e. The summed E-state index contributed by atoms with van der Waals surface area (Å²) in [6, 6.07) is 43.3. The molecule has 2 aliphatic rings. The molecule has 3 aromatic heterocycles. The molecule has 0 N–H and O–H groups in total. The van der Waals surface area contributed by atoms with Crippen LogP contribution in [0.3, 0.4) is 0 Å². The first-order valence-electron chi connectivity index (χ1n) is 18.4. The topological polar surface area (TPSA) is 51.4 Å². The summed E-state index contributed by atoms with van der Waals surface area (Å²) in [5.74, 6) is 3.26. The number of aromatic nitrogens is 4. The predicted molar refractivity (Wildman–Crippen MR) is 214 cm³/mol. The number of hydrogen-bond donors (Lipinski definition) is 0. The standard InChI is InChI=1S/C46H39N6O.Pt/c1-30-15-17-32(18-16-30)50-29-51(42-27-38-41(28-43(42)50)49-23-8-7-14-44(49)48-38)33-10-9-11-34(25-33)53-35-19-20-37-36-12-5-6-13-39(36)52(40(37)26-35)45-24-31(21-22-47-45)46(2,3)4;/h5-6,9-13,15-22,24,27-29H,7-8,14,23H2,1-4H3;/q-3;. The maximum Gasteiger partial charge on any atom is 0.135 e. The van der Waals surface area contributed by atoms with Gasteiger partial charge in [0.05, 0.1) is 11.0 Å². The molecule has 0 spiro atoms. The second-order valence-electron chi connectivity index (χ2n) is 15.2. The fraction of sp³-hybridized carbons (Fsp3) is 0.196. The van der Waals surface area contributed by atoms with E-state index in [1.165, 1.54) is 35.3 Å². The molecule has 10 rings (SSSR count). The molecule has 2 aliphatic heterocycles. The molecule has 0 bridgehead atoms. The van der Waals surface area contributed by atoms with Crippen LogP contribution in [-0.2, 0) is 39.4 Å². The minimum atomic E-state index is -0.0101. The van der Waals surface area contributed by atoms with Crippen LogP contribution in [0.5, 0.6) is 11.5 Å². The third kappa shape index (κ3) is 5.77. The number of imidazole rings is 1. The quantitative estimate of drug-likeness (QED) is 0.161. The first-order chi connectivity index (χ1) is 25.8. The van der Waals surface area contributed by atoms with Gasteiger partial charge in [-0.15, -0.1) is 48.1 Å². The Bertz CT molecular complexity index is 2700. The van der Waals surface area contributed by atoms with E-state index in [4.69, 9.17) is 14.7 Å². The molecule has 0 radical (unpaired) electrons. The monoisotopic (exact) mass is 886 g/mol. The van der Waals surface area contributed by atoms with Crippen molar-refractivity contribution in [3.63, 3.8) is 0 Å². The minimum absolute atomic E-state index is 0. The van der Waals surface area contributed by atoms with E-state index in [9.17, 15) is 0 Å². The van der Waals surface area contributed by atoms with E-state index in [2.05, 4.69) is 150 Å². The Morgan fingerprint density at radius 1 is 0.759 bits per heavy atom. The summed E-state index contributed by atoms with van der Waals surface area (Å²) in [7, 11) is 0. The SMILES string of the molecule is Cc1ccc(N2[CH-]N(c3[c-]c(Oc4[c-]c5c(cc4)c4ccccc4n5-c4cc(C(C)(C)C)ccn4)ccc3)c3cc4nc5n(c4cc32)CCCC5)cc1.[Pt]. The van der Waals surface area contributed by atoms with Crippen molar-refractivity contribution in [2.75, 3.05) is 9.80 Å². The molecule has 8 heteroatoms. The number of nitrogens with zero attached hydrogens (tertiary/aromatic N) is 6. The van der Waals surface area contributed by atoms with Crippen LogP contribution < -0.4 is 14.5 Å². The van der Waals surface area contributed by atoms with Gasteiger partial charge in [-0.2, -0.15) is 12.1 Å². The van der Waals surface area contributed by atoms with Gasteiger partial charge in [0.25, 0.3) is 0 Å².